The van der Waals surface area contributed by atoms with Crippen molar-refractivity contribution in [1.29, 1.82) is 0 Å². The molecule has 3 heterocycles. The molecule has 1 saturated heterocycles. The number of nitrogens with one attached hydrogen (secondary N) is 1. The number of fused-ring (bicyclic) bond motifs is 1. The summed E-state index contributed by atoms with van der Waals surface area (Å²) >= 11 is 0. The normalized spacial score (nSPS) is 14.6. The fourth-order valence-electron chi connectivity index (χ4n) is 4.13. The highest BCUT2D eigenvalue weighted by atomic mass is 16.2. The quantitative estimate of drug-likeness (QED) is 0.617. The summed E-state index contributed by atoms with van der Waals surface area (Å²) < 4.78 is 2.94. The van der Waals surface area contributed by atoms with E-state index in [-0.39, 0.29) is 30.3 Å². The number of imidazole rings is 1. The van der Waals surface area contributed by atoms with Crippen LogP contribution >= 0.6 is 0 Å². The molecule has 2 amide bonds. The topological polar surface area (TPSA) is 92.5 Å². The average molecular weight is 451 g/mol. The van der Waals surface area contributed by atoms with Crippen molar-refractivity contribution in [1.82, 2.24) is 23.9 Å². The number of hydrogen-bond donors (Lipinski definition) is 1. The highest BCUT2D eigenvalue weighted by Crippen LogP contribution is 2.14. The van der Waals surface area contributed by atoms with Gasteiger partial charge in [-0.05, 0) is 24.6 Å². The Kier molecular flexibility index (Phi) is 6.60. The lowest BCUT2D eigenvalue weighted by molar-refractivity contribution is -0.134. The molecule has 3 aromatic rings. The van der Waals surface area contributed by atoms with Gasteiger partial charge in [0, 0.05) is 59.7 Å². The molecule has 1 aliphatic rings. The van der Waals surface area contributed by atoms with E-state index in [1.165, 1.54) is 20.3 Å². The highest BCUT2D eigenvalue weighted by Gasteiger charge is 2.21. The Morgan fingerprint density at radius 1 is 0.939 bits per heavy atom. The van der Waals surface area contributed by atoms with Crippen LogP contribution < -0.4 is 11.0 Å². The van der Waals surface area contributed by atoms with Gasteiger partial charge in [-0.2, -0.15) is 0 Å². The Bertz CT molecular complexity index is 1220. The molecule has 9 nitrogen and oxygen atoms in total. The van der Waals surface area contributed by atoms with Crippen LogP contribution in [0.4, 0.5) is 5.82 Å². The first-order valence-electron chi connectivity index (χ1n) is 11.2. The second-order valence-corrected chi connectivity index (χ2v) is 8.63. The van der Waals surface area contributed by atoms with Gasteiger partial charge < -0.3 is 10.2 Å². The van der Waals surface area contributed by atoms with Gasteiger partial charge in [-0.15, -0.1) is 0 Å². The first-order chi connectivity index (χ1) is 15.8. The minimum Gasteiger partial charge on any atom is -0.340 e. The van der Waals surface area contributed by atoms with Crippen LogP contribution in [0.2, 0.25) is 0 Å². The van der Waals surface area contributed by atoms with Crippen LogP contribution in [0.15, 0.2) is 41.2 Å². The Hall–Kier alpha value is -3.46. The van der Waals surface area contributed by atoms with Crippen LogP contribution in [-0.4, -0.2) is 61.9 Å². The molecule has 0 unspecified atom stereocenters. The van der Waals surface area contributed by atoms with E-state index in [0.717, 1.165) is 19.6 Å². The first-order valence-corrected chi connectivity index (χ1v) is 11.2. The Morgan fingerprint density at radius 2 is 1.64 bits per heavy atom. The monoisotopic (exact) mass is 450 g/mol. The number of rotatable bonds is 6. The van der Waals surface area contributed by atoms with Crippen LogP contribution in [0.5, 0.6) is 0 Å². The number of amides is 2. The third-order valence-corrected chi connectivity index (χ3v) is 6.19. The predicted molar refractivity (Wildman–Crippen MR) is 127 cm³/mol. The number of aromatic nitrogens is 3. The first kappa shape index (κ1) is 22.7. The van der Waals surface area contributed by atoms with Crippen LogP contribution in [0.1, 0.15) is 24.0 Å². The maximum atomic E-state index is 12.6. The maximum absolute atomic E-state index is 12.6. The number of hydrogen-bond acceptors (Lipinski definition) is 5. The van der Waals surface area contributed by atoms with Crippen molar-refractivity contribution in [2.24, 2.45) is 14.1 Å². The van der Waals surface area contributed by atoms with E-state index >= 15 is 0 Å². The molecule has 0 spiro atoms. The van der Waals surface area contributed by atoms with Gasteiger partial charge in [0.05, 0.1) is 5.52 Å². The summed E-state index contributed by atoms with van der Waals surface area (Å²) in [5, 5.41) is 2.73. The molecule has 0 bridgehead atoms. The molecule has 1 fully saturated rings. The summed E-state index contributed by atoms with van der Waals surface area (Å²) in [4.78, 5) is 45.5. The van der Waals surface area contributed by atoms with Gasteiger partial charge in [0.25, 0.3) is 0 Å². The van der Waals surface area contributed by atoms with Crippen molar-refractivity contribution in [3.63, 3.8) is 0 Å². The molecule has 0 atom stereocenters. The second-order valence-electron chi connectivity index (χ2n) is 8.63. The van der Waals surface area contributed by atoms with E-state index in [4.69, 9.17) is 0 Å². The molecule has 1 aliphatic heterocycles. The molecule has 1 aromatic carbocycles. The van der Waals surface area contributed by atoms with E-state index in [0.29, 0.717) is 30.1 Å². The van der Waals surface area contributed by atoms with Crippen molar-refractivity contribution in [3.05, 3.63) is 58.0 Å². The molecule has 33 heavy (non-hydrogen) atoms. The Labute approximate surface area is 192 Å². The van der Waals surface area contributed by atoms with Gasteiger partial charge in [0.15, 0.2) is 5.65 Å². The highest BCUT2D eigenvalue weighted by molar-refractivity contribution is 5.93. The SMILES string of the molecule is Cc1ccc(CN2CCN(C(=O)CCC(=O)Nc3ccc4c(n3)n(C)c(=O)n4C)CC2)cc1. The van der Waals surface area contributed by atoms with Crippen molar-refractivity contribution >= 4 is 28.8 Å². The standard InChI is InChI=1S/C24H30N6O3/c1-17-4-6-18(7-5-17)16-29-12-14-30(15-13-29)22(32)11-10-21(31)25-20-9-8-19-23(26-20)28(3)24(33)27(19)2/h4-9H,10-16H2,1-3H3,(H,25,26,31). The van der Waals surface area contributed by atoms with E-state index in [9.17, 15) is 14.4 Å². The summed E-state index contributed by atoms with van der Waals surface area (Å²) in [6.45, 7) is 5.96. The molecule has 0 aliphatic carbocycles. The van der Waals surface area contributed by atoms with E-state index in [2.05, 4.69) is 46.4 Å². The number of piperazine rings is 1. The molecule has 174 valence electrons. The zero-order valence-corrected chi connectivity index (χ0v) is 19.4. The van der Waals surface area contributed by atoms with Crippen molar-refractivity contribution in [2.75, 3.05) is 31.5 Å². The lowest BCUT2D eigenvalue weighted by Gasteiger charge is -2.34. The van der Waals surface area contributed by atoms with Gasteiger partial charge in [0.1, 0.15) is 5.82 Å². The third-order valence-electron chi connectivity index (χ3n) is 6.19. The molecule has 2 aromatic heterocycles. The molecule has 0 saturated carbocycles. The predicted octanol–water partition coefficient (Wildman–Crippen LogP) is 1.64. The lowest BCUT2D eigenvalue weighted by atomic mass is 10.1. The number of pyridine rings is 1. The van der Waals surface area contributed by atoms with E-state index in [1.54, 1.807) is 26.2 Å². The fourth-order valence-corrected chi connectivity index (χ4v) is 4.13. The summed E-state index contributed by atoms with van der Waals surface area (Å²) in [6.07, 6.45) is 0.256. The Balaban J connectivity index is 1.24. The van der Waals surface area contributed by atoms with Gasteiger partial charge in [-0.25, -0.2) is 9.78 Å². The largest absolute Gasteiger partial charge is 0.340 e. The number of carbonyl (C=O) groups excluding carboxylic acids is 2. The van der Waals surface area contributed by atoms with Gasteiger partial charge in [-0.3, -0.25) is 23.6 Å². The maximum Gasteiger partial charge on any atom is 0.329 e. The zero-order chi connectivity index (χ0) is 23.5. The minimum absolute atomic E-state index is 0.00555. The number of benzene rings is 1. The lowest BCUT2D eigenvalue weighted by Crippen LogP contribution is -2.48. The Morgan fingerprint density at radius 3 is 2.33 bits per heavy atom. The minimum atomic E-state index is -0.269. The second kappa shape index (κ2) is 9.58. The third kappa shape index (κ3) is 5.14. The van der Waals surface area contributed by atoms with Crippen molar-refractivity contribution in [2.45, 2.75) is 26.3 Å². The molecule has 0 radical (unpaired) electrons. The summed E-state index contributed by atoms with van der Waals surface area (Å²) in [7, 11) is 3.32. The van der Waals surface area contributed by atoms with Crippen LogP contribution in [0.25, 0.3) is 11.2 Å². The summed E-state index contributed by atoms with van der Waals surface area (Å²) in [5.74, 6) is 0.0917. The zero-order valence-electron chi connectivity index (χ0n) is 19.4. The van der Waals surface area contributed by atoms with Gasteiger partial charge in [0.2, 0.25) is 11.8 Å². The number of aryl methyl sites for hydroxylation is 3. The average Bonchev–Trinajstić information content (AvgIpc) is 3.03. The molecular formula is C24H30N6O3. The summed E-state index contributed by atoms with van der Waals surface area (Å²) in [6, 6.07) is 11.9. The summed E-state index contributed by atoms with van der Waals surface area (Å²) in [5.41, 5.74) is 3.54. The van der Waals surface area contributed by atoms with Crippen LogP contribution in [0.3, 0.4) is 0 Å². The van der Waals surface area contributed by atoms with Crippen molar-refractivity contribution in [3.8, 4) is 0 Å². The molecule has 9 heteroatoms. The number of carbonyl (C=O) groups is 2. The smallest absolute Gasteiger partial charge is 0.329 e. The van der Waals surface area contributed by atoms with Crippen LogP contribution in [0, 0.1) is 6.92 Å². The van der Waals surface area contributed by atoms with Gasteiger partial charge in [-0.1, -0.05) is 29.8 Å². The van der Waals surface area contributed by atoms with Gasteiger partial charge >= 0.3 is 5.69 Å². The fraction of sp³-hybridized carbons (Fsp3) is 0.417. The number of anilines is 1. The van der Waals surface area contributed by atoms with Crippen LogP contribution in [-0.2, 0) is 30.2 Å². The molecule has 1 N–H and O–H groups in total. The molecular weight excluding hydrogens is 420 g/mol. The van der Waals surface area contributed by atoms with E-state index < -0.39 is 0 Å². The number of nitrogens with zero attached hydrogens (tertiary/aromatic N) is 5. The van der Waals surface area contributed by atoms with Crippen molar-refractivity contribution < 1.29 is 9.59 Å². The van der Waals surface area contributed by atoms with E-state index in [1.807, 2.05) is 4.90 Å². The molecule has 4 rings (SSSR count).